The van der Waals surface area contributed by atoms with Crippen LogP contribution in [0.25, 0.3) is 28.2 Å². The zero-order valence-corrected chi connectivity index (χ0v) is 20.4. The molecule has 182 valence electrons. The van der Waals surface area contributed by atoms with E-state index in [1.807, 2.05) is 61.7 Å². The topological polar surface area (TPSA) is 63.8 Å². The van der Waals surface area contributed by atoms with Gasteiger partial charge in [0.05, 0.1) is 29.2 Å². The van der Waals surface area contributed by atoms with Crippen LogP contribution in [0.5, 0.6) is 5.75 Å². The van der Waals surface area contributed by atoms with Crippen molar-refractivity contribution in [2.24, 2.45) is 4.99 Å². The van der Waals surface area contributed by atoms with E-state index in [2.05, 4.69) is 47.0 Å². The Morgan fingerprint density at radius 1 is 0.838 bits per heavy atom. The maximum atomic E-state index is 11.2. The summed E-state index contributed by atoms with van der Waals surface area (Å²) in [4.78, 5) is 15.9. The number of carboxylic acid groups (broad SMARTS) is 1. The second kappa shape index (κ2) is 10.8. The highest BCUT2D eigenvalue weighted by atomic mass is 16.5. The first kappa shape index (κ1) is 23.8. The highest BCUT2D eigenvalue weighted by Crippen LogP contribution is 2.36. The molecule has 0 aliphatic rings. The summed E-state index contributed by atoms with van der Waals surface area (Å²) in [7, 11) is 0. The van der Waals surface area contributed by atoms with Crippen molar-refractivity contribution in [2.45, 2.75) is 6.92 Å². The molecule has 4 aromatic carbocycles. The highest BCUT2D eigenvalue weighted by molar-refractivity contribution is 5.95. The molecule has 5 aromatic rings. The Kier molecular flexibility index (Phi) is 6.95. The van der Waals surface area contributed by atoms with Crippen LogP contribution in [-0.4, -0.2) is 28.5 Å². The summed E-state index contributed by atoms with van der Waals surface area (Å²) in [6.07, 6.45) is 1.84. The summed E-state index contributed by atoms with van der Waals surface area (Å²) in [5, 5.41) is 9.19. The van der Waals surface area contributed by atoms with E-state index in [-0.39, 0.29) is 5.56 Å². The average molecular weight is 487 g/mol. The SMILES string of the molecule is CCOc1ccc(-n2c(-c3ccccc3)cc(C=Nc3ccc(C(=O)O)cc3)c2-c2ccccc2)cc1. The van der Waals surface area contributed by atoms with Gasteiger partial charge < -0.3 is 14.4 Å². The van der Waals surface area contributed by atoms with E-state index in [0.29, 0.717) is 12.3 Å². The molecule has 37 heavy (non-hydrogen) atoms. The van der Waals surface area contributed by atoms with Crippen molar-refractivity contribution in [2.75, 3.05) is 6.61 Å². The molecule has 5 rings (SSSR count). The van der Waals surface area contributed by atoms with Gasteiger partial charge in [-0.2, -0.15) is 0 Å². The maximum absolute atomic E-state index is 11.2. The van der Waals surface area contributed by atoms with Crippen LogP contribution in [0, 0.1) is 0 Å². The minimum absolute atomic E-state index is 0.233. The molecule has 0 spiro atoms. The van der Waals surface area contributed by atoms with Crippen LogP contribution in [0.1, 0.15) is 22.8 Å². The molecule has 1 heterocycles. The Bertz CT molecular complexity index is 1520. The lowest BCUT2D eigenvalue weighted by Crippen LogP contribution is -2.01. The molecule has 0 unspecified atom stereocenters. The number of ether oxygens (including phenoxy) is 1. The summed E-state index contributed by atoms with van der Waals surface area (Å²) in [5.74, 6) is -0.130. The molecule has 0 amide bonds. The van der Waals surface area contributed by atoms with Crippen molar-refractivity contribution in [3.8, 4) is 34.0 Å². The van der Waals surface area contributed by atoms with Crippen molar-refractivity contribution >= 4 is 17.9 Å². The minimum atomic E-state index is -0.957. The van der Waals surface area contributed by atoms with Crippen LogP contribution in [0.4, 0.5) is 5.69 Å². The van der Waals surface area contributed by atoms with E-state index in [1.54, 1.807) is 24.3 Å². The van der Waals surface area contributed by atoms with Gasteiger partial charge in [-0.25, -0.2) is 4.79 Å². The molecule has 0 fully saturated rings. The zero-order chi connectivity index (χ0) is 25.6. The fourth-order valence-corrected chi connectivity index (χ4v) is 4.30. The van der Waals surface area contributed by atoms with Crippen LogP contribution in [0.15, 0.2) is 120 Å². The van der Waals surface area contributed by atoms with Crippen LogP contribution in [0.2, 0.25) is 0 Å². The zero-order valence-electron chi connectivity index (χ0n) is 20.4. The number of hydrogen-bond acceptors (Lipinski definition) is 3. The lowest BCUT2D eigenvalue weighted by atomic mass is 10.1. The number of aliphatic imine (C=N–C) groups is 1. The lowest BCUT2D eigenvalue weighted by Gasteiger charge is -2.15. The summed E-state index contributed by atoms with van der Waals surface area (Å²) in [5.41, 5.74) is 7.05. The van der Waals surface area contributed by atoms with E-state index < -0.39 is 5.97 Å². The second-order valence-corrected chi connectivity index (χ2v) is 8.44. The van der Waals surface area contributed by atoms with Crippen molar-refractivity contribution < 1.29 is 14.6 Å². The minimum Gasteiger partial charge on any atom is -0.494 e. The van der Waals surface area contributed by atoms with Gasteiger partial charge in [-0.1, -0.05) is 60.7 Å². The van der Waals surface area contributed by atoms with Gasteiger partial charge in [0.25, 0.3) is 0 Å². The first-order valence-corrected chi connectivity index (χ1v) is 12.1. The van der Waals surface area contributed by atoms with Gasteiger partial charge >= 0.3 is 5.97 Å². The van der Waals surface area contributed by atoms with Gasteiger partial charge in [-0.15, -0.1) is 0 Å². The summed E-state index contributed by atoms with van der Waals surface area (Å²) < 4.78 is 7.92. The number of benzene rings is 4. The molecule has 1 N–H and O–H groups in total. The Morgan fingerprint density at radius 2 is 1.46 bits per heavy atom. The molecule has 5 nitrogen and oxygen atoms in total. The highest BCUT2D eigenvalue weighted by Gasteiger charge is 2.18. The third-order valence-corrected chi connectivity index (χ3v) is 6.02. The van der Waals surface area contributed by atoms with Crippen LogP contribution < -0.4 is 4.74 Å². The number of hydrogen-bond donors (Lipinski definition) is 1. The van der Waals surface area contributed by atoms with Crippen molar-refractivity contribution in [3.05, 3.63) is 126 Å². The van der Waals surface area contributed by atoms with Crippen LogP contribution in [-0.2, 0) is 0 Å². The summed E-state index contributed by atoms with van der Waals surface area (Å²) in [6, 6.07) is 37.3. The maximum Gasteiger partial charge on any atom is 0.335 e. The summed E-state index contributed by atoms with van der Waals surface area (Å²) >= 11 is 0. The molecule has 0 saturated carbocycles. The van der Waals surface area contributed by atoms with Crippen LogP contribution >= 0.6 is 0 Å². The Morgan fingerprint density at radius 3 is 2.05 bits per heavy atom. The first-order chi connectivity index (χ1) is 18.1. The van der Waals surface area contributed by atoms with Gasteiger partial charge in [0.2, 0.25) is 0 Å². The Hall–Kier alpha value is -4.90. The number of nitrogens with zero attached hydrogens (tertiary/aromatic N) is 2. The molecular formula is C32H26N2O3. The number of carbonyl (C=O) groups is 1. The summed E-state index contributed by atoms with van der Waals surface area (Å²) in [6.45, 7) is 2.59. The lowest BCUT2D eigenvalue weighted by molar-refractivity contribution is 0.0697. The van der Waals surface area contributed by atoms with Gasteiger partial charge in [0, 0.05) is 17.5 Å². The quantitative estimate of drug-likeness (QED) is 0.229. The largest absolute Gasteiger partial charge is 0.494 e. The van der Waals surface area contributed by atoms with Gasteiger partial charge in [0.1, 0.15) is 5.75 Å². The normalized spacial score (nSPS) is 11.1. The van der Waals surface area contributed by atoms with Crippen molar-refractivity contribution in [3.63, 3.8) is 0 Å². The van der Waals surface area contributed by atoms with Gasteiger partial charge in [-0.3, -0.25) is 4.99 Å². The molecule has 0 atom stereocenters. The molecule has 0 saturated heterocycles. The van der Waals surface area contributed by atoms with E-state index in [9.17, 15) is 9.90 Å². The van der Waals surface area contributed by atoms with E-state index in [1.165, 1.54) is 0 Å². The van der Waals surface area contributed by atoms with Crippen molar-refractivity contribution in [1.82, 2.24) is 4.57 Å². The standard InChI is InChI=1S/C32H26N2O3/c1-2-37-29-19-17-28(18-20-29)34-30(23-9-5-3-6-10-23)21-26(31(34)24-11-7-4-8-12-24)22-33-27-15-13-25(14-16-27)32(35)36/h3-22H,2H2,1H3,(H,35,36). The first-order valence-electron chi connectivity index (χ1n) is 12.1. The van der Waals surface area contributed by atoms with Crippen molar-refractivity contribution in [1.29, 1.82) is 0 Å². The van der Waals surface area contributed by atoms with E-state index in [4.69, 9.17) is 9.73 Å². The molecule has 0 radical (unpaired) electrons. The molecule has 0 aliphatic heterocycles. The van der Waals surface area contributed by atoms with Crippen LogP contribution in [0.3, 0.4) is 0 Å². The monoisotopic (exact) mass is 486 g/mol. The number of rotatable bonds is 8. The Labute approximate surface area is 216 Å². The molecular weight excluding hydrogens is 460 g/mol. The molecule has 0 bridgehead atoms. The molecule has 1 aromatic heterocycles. The fourth-order valence-electron chi connectivity index (χ4n) is 4.30. The average Bonchev–Trinajstić information content (AvgIpc) is 3.33. The number of aromatic carboxylic acids is 1. The third-order valence-electron chi connectivity index (χ3n) is 6.02. The molecule has 0 aliphatic carbocycles. The number of carboxylic acids is 1. The molecule has 5 heteroatoms. The van der Waals surface area contributed by atoms with E-state index in [0.717, 1.165) is 39.5 Å². The Balaban J connectivity index is 1.69. The predicted molar refractivity (Wildman–Crippen MR) is 148 cm³/mol. The van der Waals surface area contributed by atoms with Gasteiger partial charge in [0.15, 0.2) is 0 Å². The fraction of sp³-hybridized carbons (Fsp3) is 0.0625. The van der Waals surface area contributed by atoms with E-state index >= 15 is 0 Å². The van der Waals surface area contributed by atoms with Gasteiger partial charge in [-0.05, 0) is 72.6 Å². The second-order valence-electron chi connectivity index (χ2n) is 8.44. The number of aromatic nitrogens is 1. The smallest absolute Gasteiger partial charge is 0.335 e. The third kappa shape index (κ3) is 5.21. The predicted octanol–water partition coefficient (Wildman–Crippen LogP) is 7.66.